The monoisotopic (exact) mass is 189 g/mol. The second kappa shape index (κ2) is 3.18. The van der Waals surface area contributed by atoms with E-state index in [2.05, 4.69) is 4.98 Å². The number of halogens is 1. The number of benzene rings is 1. The highest BCUT2D eigenvalue weighted by molar-refractivity contribution is 6.06. The summed E-state index contributed by atoms with van der Waals surface area (Å²) in [4.78, 5) is 15.1. The van der Waals surface area contributed by atoms with Gasteiger partial charge in [-0.1, -0.05) is 0 Å². The minimum absolute atomic E-state index is 0.150. The fraction of sp³-hybridized carbons (Fsp3) is 0.0909. The molecule has 0 amide bonds. The SMILES string of the molecule is CC(=O)c1cc(F)cc2ccncc12. The maximum Gasteiger partial charge on any atom is 0.160 e. The van der Waals surface area contributed by atoms with Gasteiger partial charge in [-0.2, -0.15) is 0 Å². The van der Waals surface area contributed by atoms with Crippen LogP contribution in [0.25, 0.3) is 10.8 Å². The van der Waals surface area contributed by atoms with Crippen LogP contribution in [0.5, 0.6) is 0 Å². The van der Waals surface area contributed by atoms with E-state index in [0.717, 1.165) is 0 Å². The highest BCUT2D eigenvalue weighted by Gasteiger charge is 2.07. The molecule has 0 unspecified atom stereocenters. The number of pyridine rings is 1. The van der Waals surface area contributed by atoms with Crippen LogP contribution in [-0.4, -0.2) is 10.8 Å². The number of ketones is 1. The third-order valence-electron chi connectivity index (χ3n) is 2.10. The Balaban J connectivity index is 2.87. The molecule has 2 nitrogen and oxygen atoms in total. The smallest absolute Gasteiger partial charge is 0.160 e. The summed E-state index contributed by atoms with van der Waals surface area (Å²) in [5, 5.41) is 1.40. The van der Waals surface area contributed by atoms with E-state index < -0.39 is 5.82 Å². The molecular weight excluding hydrogens is 181 g/mol. The Bertz CT molecular complexity index is 508. The summed E-state index contributed by atoms with van der Waals surface area (Å²) in [6, 6.07) is 4.32. The van der Waals surface area contributed by atoms with E-state index in [4.69, 9.17) is 0 Å². The Morgan fingerprint density at radius 1 is 1.43 bits per heavy atom. The van der Waals surface area contributed by atoms with Crippen molar-refractivity contribution in [3.8, 4) is 0 Å². The van der Waals surface area contributed by atoms with Crippen molar-refractivity contribution in [2.45, 2.75) is 6.92 Å². The molecule has 0 aliphatic rings. The molecule has 1 aromatic carbocycles. The Kier molecular flexibility index (Phi) is 2.00. The summed E-state index contributed by atoms with van der Waals surface area (Å²) in [6.45, 7) is 1.42. The lowest BCUT2D eigenvalue weighted by atomic mass is 10.0. The molecule has 1 aromatic heterocycles. The second-order valence-corrected chi connectivity index (χ2v) is 3.11. The van der Waals surface area contributed by atoms with Crippen LogP contribution in [0.2, 0.25) is 0 Å². The van der Waals surface area contributed by atoms with Gasteiger partial charge in [0.1, 0.15) is 5.82 Å². The average molecular weight is 189 g/mol. The van der Waals surface area contributed by atoms with Gasteiger partial charge in [0, 0.05) is 23.3 Å². The van der Waals surface area contributed by atoms with Crippen LogP contribution < -0.4 is 0 Å². The molecule has 0 saturated heterocycles. The second-order valence-electron chi connectivity index (χ2n) is 3.11. The van der Waals surface area contributed by atoms with E-state index in [0.29, 0.717) is 16.3 Å². The van der Waals surface area contributed by atoms with Crippen molar-refractivity contribution in [2.75, 3.05) is 0 Å². The lowest BCUT2D eigenvalue weighted by Crippen LogP contribution is -1.95. The van der Waals surface area contributed by atoms with Gasteiger partial charge in [-0.15, -0.1) is 0 Å². The first kappa shape index (κ1) is 8.81. The Hall–Kier alpha value is -1.77. The van der Waals surface area contributed by atoms with Gasteiger partial charge in [-0.05, 0) is 30.5 Å². The van der Waals surface area contributed by atoms with Crippen molar-refractivity contribution >= 4 is 16.6 Å². The molecule has 0 fully saturated rings. The number of carbonyl (C=O) groups is 1. The molecule has 0 aliphatic heterocycles. The van der Waals surface area contributed by atoms with E-state index in [1.54, 1.807) is 18.5 Å². The van der Waals surface area contributed by atoms with Gasteiger partial charge in [-0.3, -0.25) is 9.78 Å². The summed E-state index contributed by atoms with van der Waals surface area (Å²) >= 11 is 0. The van der Waals surface area contributed by atoms with Gasteiger partial charge < -0.3 is 0 Å². The van der Waals surface area contributed by atoms with Gasteiger partial charge in [0.05, 0.1) is 0 Å². The molecule has 2 aromatic rings. The highest BCUT2D eigenvalue weighted by Crippen LogP contribution is 2.19. The fourth-order valence-electron chi connectivity index (χ4n) is 1.45. The van der Waals surface area contributed by atoms with E-state index in [1.165, 1.54) is 19.1 Å². The first-order chi connectivity index (χ1) is 6.68. The summed E-state index contributed by atoms with van der Waals surface area (Å²) in [5.41, 5.74) is 0.383. The normalized spacial score (nSPS) is 10.4. The number of fused-ring (bicyclic) bond motifs is 1. The Morgan fingerprint density at radius 3 is 2.93 bits per heavy atom. The number of hydrogen-bond donors (Lipinski definition) is 0. The van der Waals surface area contributed by atoms with Gasteiger partial charge in [0.15, 0.2) is 5.78 Å². The van der Waals surface area contributed by atoms with Gasteiger partial charge in [0.2, 0.25) is 0 Å². The summed E-state index contributed by atoms with van der Waals surface area (Å²) < 4.78 is 13.1. The summed E-state index contributed by atoms with van der Waals surface area (Å²) in [6.07, 6.45) is 3.15. The van der Waals surface area contributed by atoms with Crippen molar-refractivity contribution in [3.63, 3.8) is 0 Å². The van der Waals surface area contributed by atoms with Crippen LogP contribution in [-0.2, 0) is 0 Å². The molecule has 3 heteroatoms. The number of aromatic nitrogens is 1. The largest absolute Gasteiger partial charge is 0.294 e. The van der Waals surface area contributed by atoms with Crippen LogP contribution in [0, 0.1) is 5.82 Å². The molecular formula is C11H8FNO. The molecule has 0 aliphatic carbocycles. The first-order valence-electron chi connectivity index (χ1n) is 4.22. The van der Waals surface area contributed by atoms with Gasteiger partial charge in [-0.25, -0.2) is 4.39 Å². The number of Topliss-reactive ketones (excluding diaryl/α,β-unsaturated/α-hetero) is 1. The van der Waals surface area contributed by atoms with Crippen LogP contribution in [0.4, 0.5) is 4.39 Å². The van der Waals surface area contributed by atoms with Crippen molar-refractivity contribution in [1.82, 2.24) is 4.98 Å². The quantitative estimate of drug-likeness (QED) is 0.645. The molecule has 0 bridgehead atoms. The van der Waals surface area contributed by atoms with Crippen LogP contribution in [0.3, 0.4) is 0 Å². The minimum Gasteiger partial charge on any atom is -0.294 e. The lowest BCUT2D eigenvalue weighted by Gasteiger charge is -2.02. The highest BCUT2D eigenvalue weighted by atomic mass is 19.1. The molecule has 1 heterocycles. The molecule has 14 heavy (non-hydrogen) atoms. The predicted molar refractivity (Wildman–Crippen MR) is 51.7 cm³/mol. The van der Waals surface area contributed by atoms with Gasteiger partial charge >= 0.3 is 0 Å². The van der Waals surface area contributed by atoms with Crippen molar-refractivity contribution in [1.29, 1.82) is 0 Å². The minimum atomic E-state index is -0.395. The molecule has 70 valence electrons. The molecule has 0 saturated carbocycles. The number of hydrogen-bond acceptors (Lipinski definition) is 2. The molecule has 0 spiro atoms. The van der Waals surface area contributed by atoms with Crippen molar-refractivity contribution in [2.24, 2.45) is 0 Å². The molecule has 0 radical (unpaired) electrons. The Labute approximate surface area is 80.4 Å². The standard InChI is InChI=1S/C11H8FNO/c1-7(14)10-5-9(12)4-8-2-3-13-6-11(8)10/h2-6H,1H3. The topological polar surface area (TPSA) is 30.0 Å². The molecule has 2 rings (SSSR count). The number of carbonyl (C=O) groups excluding carboxylic acids is 1. The third kappa shape index (κ3) is 1.37. The van der Waals surface area contributed by atoms with Crippen molar-refractivity contribution in [3.05, 3.63) is 42.0 Å². The zero-order valence-corrected chi connectivity index (χ0v) is 7.62. The van der Waals surface area contributed by atoms with Gasteiger partial charge in [0.25, 0.3) is 0 Å². The number of rotatable bonds is 1. The maximum atomic E-state index is 13.1. The van der Waals surface area contributed by atoms with E-state index >= 15 is 0 Å². The zero-order valence-electron chi connectivity index (χ0n) is 7.62. The lowest BCUT2D eigenvalue weighted by molar-refractivity contribution is 0.101. The van der Waals surface area contributed by atoms with E-state index in [-0.39, 0.29) is 5.78 Å². The summed E-state index contributed by atoms with van der Waals surface area (Å²) in [5.74, 6) is -0.545. The van der Waals surface area contributed by atoms with E-state index in [9.17, 15) is 9.18 Å². The average Bonchev–Trinajstić information content (AvgIpc) is 2.16. The van der Waals surface area contributed by atoms with Crippen molar-refractivity contribution < 1.29 is 9.18 Å². The molecule has 0 atom stereocenters. The fourth-order valence-corrected chi connectivity index (χ4v) is 1.45. The predicted octanol–water partition coefficient (Wildman–Crippen LogP) is 2.58. The van der Waals surface area contributed by atoms with Crippen LogP contribution >= 0.6 is 0 Å². The first-order valence-corrected chi connectivity index (χ1v) is 4.22. The van der Waals surface area contributed by atoms with Crippen LogP contribution in [0.15, 0.2) is 30.6 Å². The third-order valence-corrected chi connectivity index (χ3v) is 2.10. The number of nitrogens with zero attached hydrogens (tertiary/aromatic N) is 1. The molecule has 0 N–H and O–H groups in total. The van der Waals surface area contributed by atoms with E-state index in [1.807, 2.05) is 0 Å². The maximum absolute atomic E-state index is 13.1. The summed E-state index contributed by atoms with van der Waals surface area (Å²) in [7, 11) is 0. The Morgan fingerprint density at radius 2 is 2.21 bits per heavy atom. The zero-order chi connectivity index (χ0) is 10.1. The van der Waals surface area contributed by atoms with Crippen LogP contribution in [0.1, 0.15) is 17.3 Å².